The monoisotopic (exact) mass is 309 g/mol. The molecule has 2 atom stereocenters. The third-order valence-electron chi connectivity index (χ3n) is 3.66. The molecule has 2 aliphatic rings. The molecule has 124 valence electrons. The molecule has 3 rings (SSSR count). The zero-order valence-electron chi connectivity index (χ0n) is 13.9. The van der Waals surface area contributed by atoms with Gasteiger partial charge in [0.25, 0.3) is 6.47 Å². The molecule has 0 aromatic carbocycles. The maximum absolute atomic E-state index is 10.4. The molecule has 2 aliphatic heterocycles. The fourth-order valence-electron chi connectivity index (χ4n) is 2.76. The molecular formula is C16H27N3O3. The van der Waals surface area contributed by atoms with Gasteiger partial charge in [-0.05, 0) is 25.1 Å². The number of ether oxygens (including phenoxy) is 2. The Morgan fingerprint density at radius 1 is 1.50 bits per heavy atom. The van der Waals surface area contributed by atoms with Crippen LogP contribution in [0.1, 0.15) is 32.8 Å². The number of carbonyl (C=O) groups excluding carboxylic acids is 1. The van der Waals surface area contributed by atoms with Crippen LogP contribution in [-0.2, 0) is 16.0 Å². The fraction of sp³-hybridized carbons (Fsp3) is 0.625. The molecule has 6 nitrogen and oxygen atoms in total. The van der Waals surface area contributed by atoms with Crippen LogP contribution < -0.4 is 15.4 Å². The number of anilines is 1. The Kier molecular flexibility index (Phi) is 7.66. The van der Waals surface area contributed by atoms with Gasteiger partial charge in [-0.3, -0.25) is 4.79 Å². The Morgan fingerprint density at radius 3 is 2.86 bits per heavy atom. The normalized spacial score (nSPS) is 21.0. The predicted molar refractivity (Wildman–Crippen MR) is 87.3 cm³/mol. The van der Waals surface area contributed by atoms with Crippen molar-refractivity contribution >= 4 is 12.3 Å². The molecule has 1 fully saturated rings. The fourth-order valence-corrected chi connectivity index (χ4v) is 2.76. The Hall–Kier alpha value is -1.82. The molecule has 1 aromatic heterocycles. The van der Waals surface area contributed by atoms with Crippen LogP contribution in [0, 0.1) is 0 Å². The van der Waals surface area contributed by atoms with E-state index in [1.807, 2.05) is 26.1 Å². The van der Waals surface area contributed by atoms with E-state index in [0.717, 1.165) is 24.4 Å². The van der Waals surface area contributed by atoms with Crippen molar-refractivity contribution in [3.05, 3.63) is 17.8 Å². The molecule has 0 bridgehead atoms. The largest absolute Gasteiger partial charge is 0.487 e. The summed E-state index contributed by atoms with van der Waals surface area (Å²) < 4.78 is 10.9. The summed E-state index contributed by atoms with van der Waals surface area (Å²) in [4.78, 5) is 17.0. The first-order chi connectivity index (χ1) is 10.8. The van der Waals surface area contributed by atoms with Gasteiger partial charge in [-0.25, -0.2) is 4.98 Å². The average molecular weight is 309 g/mol. The number of nitrogens with zero attached hydrogens (tertiary/aromatic N) is 2. The van der Waals surface area contributed by atoms with Crippen molar-refractivity contribution in [1.82, 2.24) is 4.98 Å². The molecule has 6 heteroatoms. The number of fused-ring (bicyclic) bond motifs is 3. The summed E-state index contributed by atoms with van der Waals surface area (Å²) in [6.07, 6.45) is 3.51. The highest BCUT2D eigenvalue weighted by atomic mass is 16.5. The van der Waals surface area contributed by atoms with Crippen LogP contribution in [0.4, 0.5) is 5.82 Å². The van der Waals surface area contributed by atoms with E-state index in [1.54, 1.807) is 0 Å². The Balaban J connectivity index is 0.000000561. The highest BCUT2D eigenvalue weighted by Gasteiger charge is 2.39. The summed E-state index contributed by atoms with van der Waals surface area (Å²) in [6, 6.07) is 2.26. The maximum Gasteiger partial charge on any atom is 0.293 e. The van der Waals surface area contributed by atoms with Crippen molar-refractivity contribution in [2.24, 2.45) is 5.73 Å². The van der Waals surface area contributed by atoms with Gasteiger partial charge in [-0.15, -0.1) is 0 Å². The van der Waals surface area contributed by atoms with E-state index < -0.39 is 0 Å². The Bertz CT molecular complexity index is 468. The molecule has 3 heterocycles. The standard InChI is InChI=1S/C13H16N2O3.C2H6.CH5N/c1-2-9-3-4-14-13-12(9)17-7-10-5-11(18-8-16)6-15(10)13;2*1-2/h3-4,8,10-11H,2,5-7H2,1H3;1-2H3;2H2,1H3. The second kappa shape index (κ2) is 9.25. The van der Waals surface area contributed by atoms with Crippen LogP contribution in [0.5, 0.6) is 5.75 Å². The Labute approximate surface area is 132 Å². The first-order valence-electron chi connectivity index (χ1n) is 7.87. The molecule has 1 aromatic rings. The van der Waals surface area contributed by atoms with E-state index in [4.69, 9.17) is 9.47 Å². The number of hydrogen-bond acceptors (Lipinski definition) is 6. The number of aryl methyl sites for hydroxylation is 1. The van der Waals surface area contributed by atoms with E-state index in [0.29, 0.717) is 19.6 Å². The SMILES string of the molecule is CC.CCc1ccnc2c1OCC1CC(OC=O)CN21.CN. The van der Waals surface area contributed by atoms with Crippen LogP contribution in [-0.4, -0.2) is 43.8 Å². The Morgan fingerprint density at radius 2 is 2.23 bits per heavy atom. The van der Waals surface area contributed by atoms with Gasteiger partial charge in [-0.2, -0.15) is 0 Å². The maximum atomic E-state index is 10.4. The zero-order valence-corrected chi connectivity index (χ0v) is 13.9. The summed E-state index contributed by atoms with van der Waals surface area (Å²) in [7, 11) is 1.50. The lowest BCUT2D eigenvalue weighted by atomic mass is 10.1. The van der Waals surface area contributed by atoms with Crippen molar-refractivity contribution in [3.63, 3.8) is 0 Å². The van der Waals surface area contributed by atoms with Crippen LogP contribution in [0.3, 0.4) is 0 Å². The van der Waals surface area contributed by atoms with E-state index in [1.165, 1.54) is 12.6 Å². The number of hydrogen-bond donors (Lipinski definition) is 1. The number of nitrogens with two attached hydrogens (primary N) is 1. The molecule has 22 heavy (non-hydrogen) atoms. The lowest BCUT2D eigenvalue weighted by molar-refractivity contribution is -0.132. The summed E-state index contributed by atoms with van der Waals surface area (Å²) in [6.45, 7) is 7.98. The summed E-state index contributed by atoms with van der Waals surface area (Å²) >= 11 is 0. The van der Waals surface area contributed by atoms with Gasteiger partial charge in [0.1, 0.15) is 12.7 Å². The van der Waals surface area contributed by atoms with E-state index in [9.17, 15) is 4.79 Å². The van der Waals surface area contributed by atoms with Crippen molar-refractivity contribution in [3.8, 4) is 5.75 Å². The number of carbonyl (C=O) groups is 1. The minimum Gasteiger partial charge on any atom is -0.487 e. The van der Waals surface area contributed by atoms with Crippen molar-refractivity contribution in [2.45, 2.75) is 45.8 Å². The molecule has 0 aliphatic carbocycles. The molecule has 2 unspecified atom stereocenters. The smallest absolute Gasteiger partial charge is 0.293 e. The van der Waals surface area contributed by atoms with E-state index in [2.05, 4.69) is 22.5 Å². The van der Waals surface area contributed by atoms with Crippen molar-refractivity contribution < 1.29 is 14.3 Å². The second-order valence-corrected chi connectivity index (χ2v) is 4.68. The third kappa shape index (κ3) is 3.68. The summed E-state index contributed by atoms with van der Waals surface area (Å²) in [5.74, 6) is 1.78. The number of pyridine rings is 1. The first kappa shape index (κ1) is 18.2. The van der Waals surface area contributed by atoms with Crippen molar-refractivity contribution in [1.29, 1.82) is 0 Å². The van der Waals surface area contributed by atoms with Crippen molar-refractivity contribution in [2.75, 3.05) is 25.1 Å². The minimum atomic E-state index is -0.0471. The van der Waals surface area contributed by atoms with Crippen LogP contribution in [0.2, 0.25) is 0 Å². The number of aromatic nitrogens is 1. The van der Waals surface area contributed by atoms with Crippen LogP contribution >= 0.6 is 0 Å². The van der Waals surface area contributed by atoms with E-state index in [-0.39, 0.29) is 12.1 Å². The van der Waals surface area contributed by atoms with Gasteiger partial charge in [-0.1, -0.05) is 20.8 Å². The lowest BCUT2D eigenvalue weighted by Crippen LogP contribution is -2.39. The molecule has 2 N–H and O–H groups in total. The first-order valence-corrected chi connectivity index (χ1v) is 7.87. The molecule has 1 saturated heterocycles. The van der Waals surface area contributed by atoms with Gasteiger partial charge in [0, 0.05) is 12.6 Å². The van der Waals surface area contributed by atoms with Gasteiger partial charge in [0.15, 0.2) is 11.6 Å². The van der Waals surface area contributed by atoms with Gasteiger partial charge in [0.2, 0.25) is 0 Å². The predicted octanol–water partition coefficient (Wildman–Crippen LogP) is 1.76. The van der Waals surface area contributed by atoms with Gasteiger partial charge < -0.3 is 20.1 Å². The molecule has 0 saturated carbocycles. The zero-order chi connectivity index (χ0) is 16.5. The number of rotatable bonds is 3. The second-order valence-electron chi connectivity index (χ2n) is 4.68. The molecule has 0 spiro atoms. The molecule has 0 amide bonds. The highest BCUT2D eigenvalue weighted by Crippen LogP contribution is 2.39. The summed E-state index contributed by atoms with van der Waals surface area (Å²) in [5.41, 5.74) is 5.68. The highest BCUT2D eigenvalue weighted by molar-refractivity contribution is 5.59. The topological polar surface area (TPSA) is 77.7 Å². The van der Waals surface area contributed by atoms with Crippen LogP contribution in [0.25, 0.3) is 0 Å². The lowest BCUT2D eigenvalue weighted by Gasteiger charge is -2.32. The molecule has 0 radical (unpaired) electrons. The quantitative estimate of drug-likeness (QED) is 0.857. The third-order valence-corrected chi connectivity index (χ3v) is 3.66. The van der Waals surface area contributed by atoms with Crippen LogP contribution in [0.15, 0.2) is 12.3 Å². The van der Waals surface area contributed by atoms with E-state index >= 15 is 0 Å². The summed E-state index contributed by atoms with van der Waals surface area (Å²) in [5, 5.41) is 0. The van der Waals surface area contributed by atoms with Gasteiger partial charge >= 0.3 is 0 Å². The average Bonchev–Trinajstić information content (AvgIpc) is 3.01. The van der Waals surface area contributed by atoms with Gasteiger partial charge in [0.05, 0.1) is 12.6 Å². The minimum absolute atomic E-state index is 0.0471. The molecular weight excluding hydrogens is 282 g/mol.